The number of anilines is 1. The molecule has 1 saturated heterocycles. The molecule has 1 aromatic heterocycles. The number of benzene rings is 2. The smallest absolute Gasteiger partial charge is 0.308 e. The maximum absolute atomic E-state index is 13.3. The standard InChI is InChI=1S/C21H20F2N2O3S2/c22-21(23)12-16(21)13-25-18-6-3-15(11-19(18)29-20(25)26)14-1-4-17(5-2-14)24-7-9-30(27,28)10-8-24/h1-6,11,16H,7-10,12-13H2. The SMILES string of the molecule is O=c1sc2cc(-c3ccc(N4CCS(=O)(=O)CC4)cc3)ccc2n1CC1CC1(F)F. The fraction of sp³-hybridized carbons (Fsp3) is 0.381. The van der Waals surface area contributed by atoms with Gasteiger partial charge in [0.15, 0.2) is 9.84 Å². The third kappa shape index (κ3) is 3.65. The lowest BCUT2D eigenvalue weighted by Crippen LogP contribution is -2.40. The number of thiazole rings is 1. The third-order valence-electron chi connectivity index (χ3n) is 5.94. The molecule has 1 saturated carbocycles. The van der Waals surface area contributed by atoms with E-state index in [4.69, 9.17) is 0 Å². The Morgan fingerprint density at radius 3 is 2.30 bits per heavy atom. The summed E-state index contributed by atoms with van der Waals surface area (Å²) in [6, 6.07) is 13.5. The summed E-state index contributed by atoms with van der Waals surface area (Å²) >= 11 is 1.08. The molecule has 2 heterocycles. The summed E-state index contributed by atoms with van der Waals surface area (Å²) < 4.78 is 52.0. The summed E-state index contributed by atoms with van der Waals surface area (Å²) in [5, 5.41) is 0. The Hall–Kier alpha value is -2.26. The van der Waals surface area contributed by atoms with Gasteiger partial charge in [-0.15, -0.1) is 0 Å². The topological polar surface area (TPSA) is 59.4 Å². The van der Waals surface area contributed by atoms with Crippen molar-refractivity contribution in [3.8, 4) is 11.1 Å². The number of nitrogens with zero attached hydrogens (tertiary/aromatic N) is 2. The van der Waals surface area contributed by atoms with Crippen LogP contribution in [0.1, 0.15) is 6.42 Å². The minimum absolute atomic E-state index is 0.0609. The first kappa shape index (κ1) is 19.7. The molecular formula is C21H20F2N2O3S2. The fourth-order valence-electron chi connectivity index (χ4n) is 3.94. The lowest BCUT2D eigenvalue weighted by Gasteiger charge is -2.28. The van der Waals surface area contributed by atoms with Crippen molar-refractivity contribution in [1.29, 1.82) is 0 Å². The highest BCUT2D eigenvalue weighted by atomic mass is 32.2. The van der Waals surface area contributed by atoms with Crippen LogP contribution in [0.15, 0.2) is 47.3 Å². The molecule has 9 heteroatoms. The second-order valence-corrected chi connectivity index (χ2v) is 11.3. The van der Waals surface area contributed by atoms with Crippen LogP contribution in [0.2, 0.25) is 0 Å². The van der Waals surface area contributed by atoms with Gasteiger partial charge in [0.25, 0.3) is 5.92 Å². The van der Waals surface area contributed by atoms with E-state index in [1.165, 1.54) is 4.57 Å². The van der Waals surface area contributed by atoms with Crippen LogP contribution in [0.25, 0.3) is 21.3 Å². The van der Waals surface area contributed by atoms with E-state index < -0.39 is 21.7 Å². The van der Waals surface area contributed by atoms with Gasteiger partial charge in [-0.3, -0.25) is 9.36 Å². The third-order valence-corrected chi connectivity index (χ3v) is 8.49. The normalized spacial score (nSPS) is 22.3. The Morgan fingerprint density at radius 1 is 1.03 bits per heavy atom. The minimum atomic E-state index is -2.92. The van der Waals surface area contributed by atoms with Crippen molar-refractivity contribution in [1.82, 2.24) is 4.57 Å². The molecule has 0 bridgehead atoms. The van der Waals surface area contributed by atoms with Gasteiger partial charge in [0.2, 0.25) is 0 Å². The van der Waals surface area contributed by atoms with Gasteiger partial charge in [-0.05, 0) is 35.4 Å². The van der Waals surface area contributed by atoms with E-state index in [1.54, 1.807) is 0 Å². The number of rotatable bonds is 4. The predicted octanol–water partition coefficient (Wildman–Crippen LogP) is 3.62. The first-order valence-corrected chi connectivity index (χ1v) is 12.4. The van der Waals surface area contributed by atoms with E-state index >= 15 is 0 Å². The second-order valence-electron chi connectivity index (χ2n) is 8.01. The van der Waals surface area contributed by atoms with Crippen molar-refractivity contribution < 1.29 is 17.2 Å². The molecule has 30 heavy (non-hydrogen) atoms. The number of alkyl halides is 2. The van der Waals surface area contributed by atoms with Gasteiger partial charge < -0.3 is 4.90 Å². The minimum Gasteiger partial charge on any atom is -0.369 e. The predicted molar refractivity (Wildman–Crippen MR) is 115 cm³/mol. The van der Waals surface area contributed by atoms with Gasteiger partial charge in [0.05, 0.1) is 21.7 Å². The summed E-state index contributed by atoms with van der Waals surface area (Å²) in [6.07, 6.45) is -0.149. The summed E-state index contributed by atoms with van der Waals surface area (Å²) in [4.78, 5) is 14.2. The first-order chi connectivity index (χ1) is 14.2. The molecule has 0 radical (unpaired) electrons. The fourth-order valence-corrected chi connectivity index (χ4v) is 6.08. The van der Waals surface area contributed by atoms with E-state index in [9.17, 15) is 22.0 Å². The zero-order valence-electron chi connectivity index (χ0n) is 16.1. The van der Waals surface area contributed by atoms with Gasteiger partial charge in [-0.25, -0.2) is 17.2 Å². The number of halogens is 2. The van der Waals surface area contributed by atoms with Crippen LogP contribution in [0, 0.1) is 5.92 Å². The van der Waals surface area contributed by atoms with E-state index in [0.29, 0.717) is 18.6 Å². The van der Waals surface area contributed by atoms with E-state index in [2.05, 4.69) is 4.90 Å². The Labute approximate surface area is 176 Å². The molecule has 1 aliphatic carbocycles. The van der Waals surface area contributed by atoms with Crippen molar-refractivity contribution in [2.45, 2.75) is 18.9 Å². The highest BCUT2D eigenvalue weighted by Gasteiger charge is 2.56. The maximum atomic E-state index is 13.3. The Kier molecular flexibility index (Phi) is 4.52. The van der Waals surface area contributed by atoms with Gasteiger partial charge in [0, 0.05) is 37.7 Å². The molecule has 5 nitrogen and oxygen atoms in total. The molecule has 2 aromatic carbocycles. The molecular weight excluding hydrogens is 430 g/mol. The van der Waals surface area contributed by atoms with Crippen molar-refractivity contribution in [2.75, 3.05) is 29.5 Å². The van der Waals surface area contributed by atoms with Crippen LogP contribution in [0.3, 0.4) is 0 Å². The molecule has 0 amide bonds. The van der Waals surface area contributed by atoms with E-state index in [1.807, 2.05) is 42.5 Å². The molecule has 5 rings (SSSR count). The van der Waals surface area contributed by atoms with Crippen LogP contribution in [-0.2, 0) is 16.4 Å². The largest absolute Gasteiger partial charge is 0.369 e. The van der Waals surface area contributed by atoms with E-state index in [0.717, 1.165) is 32.9 Å². The van der Waals surface area contributed by atoms with Gasteiger partial charge in [-0.2, -0.15) is 0 Å². The van der Waals surface area contributed by atoms with Gasteiger partial charge >= 0.3 is 4.87 Å². The maximum Gasteiger partial charge on any atom is 0.308 e. The van der Waals surface area contributed by atoms with Crippen molar-refractivity contribution in [3.63, 3.8) is 0 Å². The number of fused-ring (bicyclic) bond motifs is 1. The molecule has 2 fully saturated rings. The Bertz CT molecular complexity index is 1270. The summed E-state index contributed by atoms with van der Waals surface area (Å²) in [7, 11) is -2.92. The van der Waals surface area contributed by atoms with Crippen LogP contribution < -0.4 is 9.77 Å². The molecule has 2 aliphatic rings. The van der Waals surface area contributed by atoms with Gasteiger partial charge in [-0.1, -0.05) is 29.5 Å². The zero-order valence-corrected chi connectivity index (χ0v) is 17.7. The highest BCUT2D eigenvalue weighted by molar-refractivity contribution is 7.91. The Balaban J connectivity index is 1.38. The highest BCUT2D eigenvalue weighted by Crippen LogP contribution is 2.49. The van der Waals surface area contributed by atoms with Crippen LogP contribution in [0.5, 0.6) is 0 Å². The first-order valence-electron chi connectivity index (χ1n) is 9.79. The number of sulfone groups is 1. The molecule has 0 spiro atoms. The van der Waals surface area contributed by atoms with Crippen LogP contribution in [0.4, 0.5) is 14.5 Å². The zero-order chi connectivity index (χ0) is 21.1. The van der Waals surface area contributed by atoms with Crippen molar-refractivity contribution in [3.05, 3.63) is 52.1 Å². The summed E-state index contributed by atoms with van der Waals surface area (Å²) in [5.41, 5.74) is 3.60. The number of hydrogen-bond donors (Lipinski definition) is 0. The van der Waals surface area contributed by atoms with Crippen molar-refractivity contribution >= 4 is 37.1 Å². The number of aromatic nitrogens is 1. The molecule has 3 aromatic rings. The molecule has 1 atom stereocenters. The molecule has 0 N–H and O–H groups in total. The number of hydrogen-bond acceptors (Lipinski definition) is 5. The summed E-state index contributed by atoms with van der Waals surface area (Å²) in [5.74, 6) is -3.04. The molecule has 158 valence electrons. The molecule has 1 aliphatic heterocycles. The average Bonchev–Trinajstić information content (AvgIpc) is 3.19. The van der Waals surface area contributed by atoms with E-state index in [-0.39, 0.29) is 29.3 Å². The quantitative estimate of drug-likeness (QED) is 0.609. The van der Waals surface area contributed by atoms with Gasteiger partial charge in [0.1, 0.15) is 0 Å². The lowest BCUT2D eigenvalue weighted by atomic mass is 10.0. The molecule has 1 unspecified atom stereocenters. The monoisotopic (exact) mass is 450 g/mol. The second kappa shape index (κ2) is 6.88. The lowest BCUT2D eigenvalue weighted by molar-refractivity contribution is 0.0953. The Morgan fingerprint density at radius 2 is 1.67 bits per heavy atom. The van der Waals surface area contributed by atoms with Crippen molar-refractivity contribution in [2.24, 2.45) is 5.92 Å². The van der Waals surface area contributed by atoms with Crippen LogP contribution in [-0.4, -0.2) is 43.5 Å². The van der Waals surface area contributed by atoms with Crippen LogP contribution >= 0.6 is 11.3 Å². The summed E-state index contributed by atoms with van der Waals surface area (Å²) in [6.45, 7) is 1.05. The average molecular weight is 451 g/mol.